The van der Waals surface area contributed by atoms with Crippen LogP contribution in [0.2, 0.25) is 0 Å². The Balaban J connectivity index is 1.75. The second kappa shape index (κ2) is 5.24. The van der Waals surface area contributed by atoms with E-state index >= 15 is 0 Å². The zero-order valence-electron chi connectivity index (χ0n) is 12.7. The second-order valence-electron chi connectivity index (χ2n) is 5.67. The first-order valence-electron chi connectivity index (χ1n) is 7.32. The van der Waals surface area contributed by atoms with Gasteiger partial charge in [0.05, 0.1) is 23.7 Å². The summed E-state index contributed by atoms with van der Waals surface area (Å²) in [5.74, 6) is -1.25. The molecule has 3 aromatic rings. The highest BCUT2D eigenvalue weighted by Crippen LogP contribution is 2.30. The zero-order valence-corrected chi connectivity index (χ0v) is 12.7. The summed E-state index contributed by atoms with van der Waals surface area (Å²) in [4.78, 5) is 3.59. The molecule has 1 aliphatic rings. The Kier molecular flexibility index (Phi) is 3.25. The largest absolute Gasteiger partial charge is 0.459 e. The molecule has 1 unspecified atom stereocenters. The van der Waals surface area contributed by atoms with Crippen molar-refractivity contribution in [2.75, 3.05) is 11.9 Å². The van der Waals surface area contributed by atoms with E-state index in [1.165, 1.54) is 6.26 Å². The summed E-state index contributed by atoms with van der Waals surface area (Å²) in [7, 11) is 0. The first-order valence-corrected chi connectivity index (χ1v) is 7.32. The second-order valence-corrected chi connectivity index (χ2v) is 5.67. The van der Waals surface area contributed by atoms with Gasteiger partial charge in [-0.15, -0.1) is 0 Å². The number of nitrogens with two attached hydrogens (primary N) is 1. The van der Waals surface area contributed by atoms with Crippen LogP contribution < -0.4 is 16.4 Å². The molecular weight excluding hydrogens is 337 g/mol. The number of benzene rings is 1. The molecule has 0 amide bonds. The van der Waals surface area contributed by atoms with Gasteiger partial charge >= 0.3 is 6.18 Å². The number of alkyl halides is 3. The Morgan fingerprint density at radius 3 is 2.88 bits per heavy atom. The lowest BCUT2D eigenvalue weighted by atomic mass is 10.0. The summed E-state index contributed by atoms with van der Waals surface area (Å²) in [5.41, 5.74) is 8.18. The highest BCUT2D eigenvalue weighted by Gasteiger charge is 2.37. The van der Waals surface area contributed by atoms with E-state index in [9.17, 15) is 13.2 Å². The van der Waals surface area contributed by atoms with E-state index in [-0.39, 0.29) is 11.6 Å². The molecular formula is C15H13F3N6O. The Bertz CT molecular complexity index is 959. The molecule has 25 heavy (non-hydrogen) atoms. The highest BCUT2D eigenvalue weighted by molar-refractivity contribution is 6.03. The van der Waals surface area contributed by atoms with Gasteiger partial charge in [-0.1, -0.05) is 12.1 Å². The molecule has 7 nitrogen and oxygen atoms in total. The van der Waals surface area contributed by atoms with Gasteiger partial charge < -0.3 is 15.1 Å². The topological polar surface area (TPSA) is 104 Å². The van der Waals surface area contributed by atoms with Crippen molar-refractivity contribution >= 4 is 22.4 Å². The molecule has 0 aliphatic carbocycles. The summed E-state index contributed by atoms with van der Waals surface area (Å²) in [6, 6.07) is 6.90. The minimum absolute atomic E-state index is 0.0664. The molecule has 0 saturated carbocycles. The standard InChI is InChI=1S/C15H13F3N6O/c16-14(17,18)7-20-13-12-10(3-4-25-12)22-15(19,23-13)9-2-1-8-6-21-24-11(8)5-9/h1-6,22H,7,19H2,(H,20,23)(H,21,24). The number of hydrogen-bond donors (Lipinski definition) is 4. The van der Waals surface area contributed by atoms with Crippen molar-refractivity contribution in [3.8, 4) is 0 Å². The Morgan fingerprint density at radius 1 is 1.24 bits per heavy atom. The van der Waals surface area contributed by atoms with E-state index in [1.807, 2.05) is 6.07 Å². The number of nitrogens with zero attached hydrogens (tertiary/aromatic N) is 2. The van der Waals surface area contributed by atoms with Crippen LogP contribution in [0.4, 0.5) is 18.9 Å². The van der Waals surface area contributed by atoms with Gasteiger partial charge in [-0.2, -0.15) is 18.3 Å². The summed E-state index contributed by atoms with van der Waals surface area (Å²) < 4.78 is 42.9. The number of fused-ring (bicyclic) bond motifs is 2. The van der Waals surface area contributed by atoms with Gasteiger partial charge in [0.2, 0.25) is 0 Å². The molecule has 130 valence electrons. The Labute approximate surface area is 139 Å². The van der Waals surface area contributed by atoms with Crippen molar-refractivity contribution in [3.05, 3.63) is 48.0 Å². The number of H-pyrrole nitrogens is 1. The molecule has 0 saturated heterocycles. The SMILES string of the molecule is NC1(c2ccc3cn[nH]c3c2)NC(=NCC(F)(F)F)c2occc2N1. The van der Waals surface area contributed by atoms with Gasteiger partial charge in [0.25, 0.3) is 0 Å². The third-order valence-electron chi connectivity index (χ3n) is 3.84. The van der Waals surface area contributed by atoms with Gasteiger partial charge in [0, 0.05) is 17.0 Å². The molecule has 0 spiro atoms. The molecule has 0 bridgehead atoms. The van der Waals surface area contributed by atoms with Crippen LogP contribution in [0.1, 0.15) is 11.3 Å². The van der Waals surface area contributed by atoms with Gasteiger partial charge in [0.15, 0.2) is 17.4 Å². The number of aromatic amines is 1. The lowest BCUT2D eigenvalue weighted by Gasteiger charge is -2.37. The normalized spacial score (nSPS) is 21.8. The van der Waals surface area contributed by atoms with Gasteiger partial charge in [0.1, 0.15) is 6.54 Å². The van der Waals surface area contributed by atoms with Crippen LogP contribution in [0.3, 0.4) is 0 Å². The van der Waals surface area contributed by atoms with E-state index in [4.69, 9.17) is 10.2 Å². The third kappa shape index (κ3) is 2.80. The van der Waals surface area contributed by atoms with Crippen LogP contribution in [0.5, 0.6) is 0 Å². The first-order chi connectivity index (χ1) is 11.8. The average molecular weight is 350 g/mol. The maximum Gasteiger partial charge on any atom is 0.408 e. The van der Waals surface area contributed by atoms with Crippen LogP contribution in [-0.4, -0.2) is 28.8 Å². The van der Waals surface area contributed by atoms with Crippen molar-refractivity contribution in [3.63, 3.8) is 0 Å². The Morgan fingerprint density at radius 2 is 2.08 bits per heavy atom. The van der Waals surface area contributed by atoms with E-state index in [0.29, 0.717) is 11.3 Å². The number of amidine groups is 1. The highest BCUT2D eigenvalue weighted by atomic mass is 19.4. The van der Waals surface area contributed by atoms with Gasteiger partial charge in [-0.3, -0.25) is 15.8 Å². The molecule has 1 atom stereocenters. The van der Waals surface area contributed by atoms with Gasteiger partial charge in [-0.05, 0) is 6.07 Å². The maximum absolute atomic E-state index is 12.5. The number of aliphatic imine (C=N–C) groups is 1. The van der Waals surface area contributed by atoms with Crippen molar-refractivity contribution in [2.45, 2.75) is 12.0 Å². The van der Waals surface area contributed by atoms with E-state index < -0.39 is 18.5 Å². The predicted molar refractivity (Wildman–Crippen MR) is 84.9 cm³/mol. The molecule has 1 aliphatic heterocycles. The molecule has 0 fully saturated rings. The minimum Gasteiger partial charge on any atom is -0.459 e. The van der Waals surface area contributed by atoms with Crippen molar-refractivity contribution in [1.29, 1.82) is 0 Å². The summed E-state index contributed by atoms with van der Waals surface area (Å²) in [5, 5.41) is 13.5. The van der Waals surface area contributed by atoms with E-state index in [1.54, 1.807) is 24.4 Å². The number of furan rings is 1. The minimum atomic E-state index is -4.43. The fourth-order valence-corrected chi connectivity index (χ4v) is 2.68. The summed E-state index contributed by atoms with van der Waals surface area (Å²) >= 11 is 0. The summed E-state index contributed by atoms with van der Waals surface area (Å²) in [6.07, 6.45) is -1.42. The monoisotopic (exact) mass is 350 g/mol. The quantitative estimate of drug-likeness (QED) is 0.567. The lowest BCUT2D eigenvalue weighted by molar-refractivity contribution is -0.118. The van der Waals surface area contributed by atoms with E-state index in [0.717, 1.165) is 10.9 Å². The molecule has 0 radical (unpaired) electrons. The number of nitrogens with one attached hydrogen (secondary N) is 3. The fourth-order valence-electron chi connectivity index (χ4n) is 2.68. The number of halogens is 3. The number of anilines is 1. The molecule has 3 heterocycles. The molecule has 1 aromatic carbocycles. The number of hydrogen-bond acceptors (Lipinski definition) is 5. The van der Waals surface area contributed by atoms with E-state index in [2.05, 4.69) is 25.8 Å². The molecule has 2 aromatic heterocycles. The molecule has 5 N–H and O–H groups in total. The van der Waals surface area contributed by atoms with Crippen LogP contribution in [0.15, 0.2) is 46.1 Å². The number of rotatable bonds is 2. The molecule has 10 heteroatoms. The third-order valence-corrected chi connectivity index (χ3v) is 3.84. The molecule has 4 rings (SSSR count). The Hall–Kier alpha value is -3.01. The van der Waals surface area contributed by atoms with Crippen LogP contribution in [-0.2, 0) is 5.79 Å². The van der Waals surface area contributed by atoms with Crippen LogP contribution >= 0.6 is 0 Å². The predicted octanol–water partition coefficient (Wildman–Crippen LogP) is 2.25. The van der Waals surface area contributed by atoms with Crippen molar-refractivity contribution in [2.24, 2.45) is 10.7 Å². The summed E-state index contributed by atoms with van der Waals surface area (Å²) in [6.45, 7) is -1.34. The number of aromatic nitrogens is 2. The van der Waals surface area contributed by atoms with Gasteiger partial charge in [-0.25, -0.2) is 0 Å². The zero-order chi connectivity index (χ0) is 17.7. The first kappa shape index (κ1) is 15.5. The van der Waals surface area contributed by atoms with Crippen LogP contribution in [0.25, 0.3) is 10.9 Å². The van der Waals surface area contributed by atoms with Crippen molar-refractivity contribution < 1.29 is 17.6 Å². The van der Waals surface area contributed by atoms with Crippen LogP contribution in [0, 0.1) is 0 Å². The fraction of sp³-hybridized carbons (Fsp3) is 0.200. The maximum atomic E-state index is 12.5. The van der Waals surface area contributed by atoms with Crippen molar-refractivity contribution in [1.82, 2.24) is 15.5 Å². The average Bonchev–Trinajstić information content (AvgIpc) is 3.19. The smallest absolute Gasteiger partial charge is 0.408 e. The lowest BCUT2D eigenvalue weighted by Crippen LogP contribution is -2.61.